The minimum absolute atomic E-state index is 0.206. The van der Waals surface area contributed by atoms with Gasteiger partial charge >= 0.3 is 0 Å². The van der Waals surface area contributed by atoms with E-state index in [9.17, 15) is 9.59 Å². The highest BCUT2D eigenvalue weighted by atomic mass is 35.5. The first-order valence-electron chi connectivity index (χ1n) is 9.83. The molecule has 7 rings (SSSR count). The number of imide groups is 1. The fourth-order valence-corrected chi connectivity index (χ4v) is 6.19. The monoisotopic (exact) mass is 410 g/mol. The molecule has 0 spiro atoms. The van der Waals surface area contributed by atoms with Gasteiger partial charge in [-0.05, 0) is 46.5 Å². The highest BCUT2D eigenvalue weighted by molar-refractivity contribution is 6.33. The zero-order valence-corrected chi connectivity index (χ0v) is 16.5. The molecule has 4 nitrogen and oxygen atoms in total. The normalized spacial score (nSPS) is 28.0. The van der Waals surface area contributed by atoms with Gasteiger partial charge < -0.3 is 0 Å². The molecule has 0 aromatic heterocycles. The van der Waals surface area contributed by atoms with Gasteiger partial charge in [0, 0.05) is 5.92 Å². The van der Waals surface area contributed by atoms with E-state index in [1.165, 1.54) is 4.90 Å². The van der Waals surface area contributed by atoms with Crippen LogP contribution in [0.1, 0.15) is 33.7 Å². The second kappa shape index (κ2) is 5.81. The minimum atomic E-state index is -1.08. The Balaban J connectivity index is 1.58. The Morgan fingerprint density at radius 2 is 1.40 bits per heavy atom. The molecule has 0 saturated carbocycles. The van der Waals surface area contributed by atoms with Crippen molar-refractivity contribution in [3.8, 4) is 6.07 Å². The SMILES string of the molecule is N#Cc1ccc(N2C(=O)[C@H]3C4c5ccccc5C(Cl)(c5ccccc54)[C@H]3C2=O)cc1. The number of halogens is 1. The Hall–Kier alpha value is -3.42. The van der Waals surface area contributed by atoms with Gasteiger partial charge in [-0.1, -0.05) is 48.5 Å². The average molecular weight is 411 g/mol. The minimum Gasteiger partial charge on any atom is -0.274 e. The van der Waals surface area contributed by atoms with Crippen molar-refractivity contribution in [2.75, 3.05) is 4.90 Å². The van der Waals surface area contributed by atoms with E-state index >= 15 is 0 Å². The molecule has 0 N–H and O–H groups in total. The lowest BCUT2D eigenvalue weighted by Gasteiger charge is -2.50. The zero-order chi connectivity index (χ0) is 20.6. The standard InChI is InChI=1S/C25H15ClN2O2/c26-25-18-7-3-1-5-16(18)20(17-6-2-4-8-19(17)25)21-22(25)24(30)28(23(21)29)15-11-9-14(13-27)10-12-15/h1-12,20-22H/t20?,21-,22+,25?/m0/s1. The van der Waals surface area contributed by atoms with Crippen molar-refractivity contribution in [1.29, 1.82) is 5.26 Å². The first kappa shape index (κ1) is 17.4. The van der Waals surface area contributed by atoms with Crippen LogP contribution in [-0.4, -0.2) is 11.8 Å². The van der Waals surface area contributed by atoms with E-state index in [1.54, 1.807) is 24.3 Å². The van der Waals surface area contributed by atoms with Crippen LogP contribution >= 0.6 is 11.6 Å². The highest BCUT2D eigenvalue weighted by Gasteiger charge is 2.67. The lowest BCUT2D eigenvalue weighted by atomic mass is 9.54. The van der Waals surface area contributed by atoms with Crippen molar-refractivity contribution in [3.05, 3.63) is 101 Å². The van der Waals surface area contributed by atoms with Crippen molar-refractivity contribution in [3.63, 3.8) is 0 Å². The summed E-state index contributed by atoms with van der Waals surface area (Å²) in [4.78, 5) is 27.5. The number of rotatable bonds is 1. The van der Waals surface area contributed by atoms with Gasteiger partial charge in [-0.15, -0.1) is 11.6 Å². The fourth-order valence-electron chi connectivity index (χ4n) is 5.62. The summed E-state index contributed by atoms with van der Waals surface area (Å²) in [6, 6.07) is 24.4. The van der Waals surface area contributed by atoms with Crippen LogP contribution < -0.4 is 4.90 Å². The lowest BCUT2D eigenvalue weighted by Crippen LogP contribution is -2.50. The van der Waals surface area contributed by atoms with E-state index in [0.29, 0.717) is 11.3 Å². The van der Waals surface area contributed by atoms with Gasteiger partial charge in [0.2, 0.25) is 11.8 Å². The summed E-state index contributed by atoms with van der Waals surface area (Å²) in [5, 5.41) is 9.06. The topological polar surface area (TPSA) is 61.2 Å². The third kappa shape index (κ3) is 1.91. The molecule has 0 radical (unpaired) electrons. The molecule has 5 heteroatoms. The number of benzene rings is 3. The molecule has 1 fully saturated rings. The summed E-state index contributed by atoms with van der Waals surface area (Å²) < 4.78 is 0. The van der Waals surface area contributed by atoms with Crippen LogP contribution in [0.2, 0.25) is 0 Å². The number of carbonyl (C=O) groups is 2. The van der Waals surface area contributed by atoms with Gasteiger partial charge in [0.1, 0.15) is 4.87 Å². The molecule has 3 aromatic rings. The van der Waals surface area contributed by atoms with Crippen LogP contribution in [0.4, 0.5) is 5.69 Å². The maximum absolute atomic E-state index is 13.7. The van der Waals surface area contributed by atoms with Crippen LogP contribution in [0, 0.1) is 23.2 Å². The van der Waals surface area contributed by atoms with Crippen LogP contribution in [0.5, 0.6) is 0 Å². The Morgan fingerprint density at radius 1 is 0.833 bits per heavy atom. The number of nitrogens with zero attached hydrogens (tertiary/aromatic N) is 2. The smallest absolute Gasteiger partial charge is 0.240 e. The molecule has 1 heterocycles. The van der Waals surface area contributed by atoms with Crippen LogP contribution in [0.25, 0.3) is 0 Å². The zero-order valence-electron chi connectivity index (χ0n) is 15.7. The maximum Gasteiger partial charge on any atom is 0.240 e. The summed E-state index contributed by atoms with van der Waals surface area (Å²) in [5.74, 6) is -1.93. The third-order valence-corrected chi connectivity index (χ3v) is 7.41. The van der Waals surface area contributed by atoms with Crippen molar-refractivity contribution >= 4 is 29.1 Å². The van der Waals surface area contributed by atoms with Crippen LogP contribution in [-0.2, 0) is 14.5 Å². The van der Waals surface area contributed by atoms with Crippen molar-refractivity contribution in [2.45, 2.75) is 10.8 Å². The van der Waals surface area contributed by atoms with Crippen LogP contribution in [0.3, 0.4) is 0 Å². The fraction of sp³-hybridized carbons (Fsp3) is 0.160. The van der Waals surface area contributed by atoms with Gasteiger partial charge in [-0.25, -0.2) is 4.90 Å². The Bertz CT molecular complexity index is 1240. The van der Waals surface area contributed by atoms with E-state index in [2.05, 4.69) is 6.07 Å². The Morgan fingerprint density at radius 3 is 1.97 bits per heavy atom. The van der Waals surface area contributed by atoms with Crippen LogP contribution in [0.15, 0.2) is 72.8 Å². The van der Waals surface area contributed by atoms with Crippen molar-refractivity contribution in [1.82, 2.24) is 0 Å². The second-order valence-electron chi connectivity index (χ2n) is 8.04. The number of hydrogen-bond donors (Lipinski definition) is 0. The number of alkyl halides is 1. The van der Waals surface area contributed by atoms with E-state index in [-0.39, 0.29) is 17.7 Å². The molecule has 30 heavy (non-hydrogen) atoms. The van der Waals surface area contributed by atoms with Gasteiger partial charge in [0.25, 0.3) is 0 Å². The highest BCUT2D eigenvalue weighted by Crippen LogP contribution is 2.65. The molecule has 3 aliphatic carbocycles. The molecule has 144 valence electrons. The first-order valence-corrected chi connectivity index (χ1v) is 10.2. The number of amides is 2. The molecule has 1 saturated heterocycles. The largest absolute Gasteiger partial charge is 0.274 e. The predicted molar refractivity (Wildman–Crippen MR) is 112 cm³/mol. The van der Waals surface area contributed by atoms with Crippen molar-refractivity contribution < 1.29 is 9.59 Å². The predicted octanol–water partition coefficient (Wildman–Crippen LogP) is 4.31. The number of hydrogen-bond acceptors (Lipinski definition) is 3. The molecule has 4 aliphatic rings. The second-order valence-corrected chi connectivity index (χ2v) is 8.63. The first-order chi connectivity index (χ1) is 14.6. The lowest BCUT2D eigenvalue weighted by molar-refractivity contribution is -0.122. The Labute approximate surface area is 178 Å². The number of nitriles is 1. The quantitative estimate of drug-likeness (QED) is 0.443. The molecule has 2 atom stereocenters. The molecule has 2 amide bonds. The maximum atomic E-state index is 13.7. The summed E-state index contributed by atoms with van der Waals surface area (Å²) in [6.45, 7) is 0. The van der Waals surface area contributed by atoms with E-state index in [1.807, 2.05) is 48.5 Å². The van der Waals surface area contributed by atoms with Gasteiger partial charge in [0.15, 0.2) is 0 Å². The van der Waals surface area contributed by atoms with Gasteiger partial charge in [-0.3, -0.25) is 9.59 Å². The summed E-state index contributed by atoms with van der Waals surface area (Å²) in [7, 11) is 0. The molecular weight excluding hydrogens is 396 g/mol. The Kier molecular flexibility index (Phi) is 3.38. The summed E-state index contributed by atoms with van der Waals surface area (Å²) in [6.07, 6.45) is 0. The third-order valence-electron chi connectivity index (χ3n) is 6.77. The summed E-state index contributed by atoms with van der Waals surface area (Å²) in [5.41, 5.74) is 4.83. The van der Waals surface area contributed by atoms with Gasteiger partial charge in [-0.2, -0.15) is 5.26 Å². The average Bonchev–Trinajstić information content (AvgIpc) is 3.06. The number of anilines is 1. The molecule has 2 bridgehead atoms. The van der Waals surface area contributed by atoms with E-state index < -0.39 is 16.7 Å². The number of carbonyl (C=O) groups excluding carboxylic acids is 2. The van der Waals surface area contributed by atoms with E-state index in [4.69, 9.17) is 16.9 Å². The summed E-state index contributed by atoms with van der Waals surface area (Å²) >= 11 is 7.38. The molecular formula is C25H15ClN2O2. The van der Waals surface area contributed by atoms with Gasteiger partial charge in [0.05, 0.1) is 29.2 Å². The molecule has 3 aromatic carbocycles. The molecule has 1 aliphatic heterocycles. The molecule has 0 unspecified atom stereocenters. The van der Waals surface area contributed by atoms with Crippen molar-refractivity contribution in [2.24, 2.45) is 11.8 Å². The van der Waals surface area contributed by atoms with E-state index in [0.717, 1.165) is 22.3 Å².